The van der Waals surface area contributed by atoms with Gasteiger partial charge < -0.3 is 9.67 Å². The Morgan fingerprint density at radius 3 is 2.45 bits per heavy atom. The fourth-order valence-electron chi connectivity index (χ4n) is 4.13. The van der Waals surface area contributed by atoms with E-state index >= 15 is 0 Å². The normalized spacial score (nSPS) is 11.2. The summed E-state index contributed by atoms with van der Waals surface area (Å²) in [6.07, 6.45) is 2.93. The largest absolute Gasteiger partial charge is 0.478 e. The number of unbranched alkanes of at least 4 members (excludes halogenated alkanes) is 1. The summed E-state index contributed by atoms with van der Waals surface area (Å²) in [7, 11) is 0. The molecule has 158 valence electrons. The van der Waals surface area contributed by atoms with E-state index in [0.717, 1.165) is 58.4 Å². The summed E-state index contributed by atoms with van der Waals surface area (Å²) in [5.41, 5.74) is 5.61. The van der Waals surface area contributed by atoms with Crippen LogP contribution in [0.1, 0.15) is 47.1 Å². The Labute approximate surface area is 187 Å². The Hall–Kier alpha value is -3.11. The second-order valence-corrected chi connectivity index (χ2v) is 7.91. The Kier molecular flexibility index (Phi) is 6.38. The predicted molar refractivity (Wildman–Crippen MR) is 126 cm³/mol. The number of alkyl halides is 1. The van der Waals surface area contributed by atoms with Gasteiger partial charge in [-0.3, -0.25) is 0 Å². The number of rotatable bonds is 8. The van der Waals surface area contributed by atoms with Gasteiger partial charge in [-0.15, -0.1) is 11.6 Å². The van der Waals surface area contributed by atoms with E-state index in [0.29, 0.717) is 18.0 Å². The van der Waals surface area contributed by atoms with Crippen molar-refractivity contribution in [3.63, 3.8) is 0 Å². The Bertz CT molecular complexity index is 1220. The fraction of sp³-hybridized carbons (Fsp3) is 0.231. The second-order valence-electron chi connectivity index (χ2n) is 7.65. The van der Waals surface area contributed by atoms with Gasteiger partial charge in [0.25, 0.3) is 0 Å². The number of benzene rings is 3. The number of hydrogen-bond donors (Lipinski definition) is 1. The highest BCUT2D eigenvalue weighted by atomic mass is 35.5. The molecule has 0 saturated carbocycles. The van der Waals surface area contributed by atoms with Crippen molar-refractivity contribution in [1.29, 1.82) is 0 Å². The van der Waals surface area contributed by atoms with E-state index in [1.807, 2.05) is 66.7 Å². The number of fused-ring (bicyclic) bond motifs is 1. The number of aromatic nitrogens is 2. The topological polar surface area (TPSA) is 55.1 Å². The first-order chi connectivity index (χ1) is 15.1. The molecule has 0 aliphatic heterocycles. The molecule has 0 bridgehead atoms. The number of carboxylic acid groups (broad SMARTS) is 1. The van der Waals surface area contributed by atoms with E-state index in [1.165, 1.54) is 0 Å². The summed E-state index contributed by atoms with van der Waals surface area (Å²) in [5, 5.41) is 10.1. The van der Waals surface area contributed by atoms with Crippen LogP contribution in [-0.4, -0.2) is 20.6 Å². The molecule has 0 aliphatic rings. The molecular weight excluding hydrogens is 408 g/mol. The number of nitrogens with zero attached hydrogens (tertiary/aromatic N) is 2. The van der Waals surface area contributed by atoms with Crippen molar-refractivity contribution in [1.82, 2.24) is 9.55 Å². The summed E-state index contributed by atoms with van der Waals surface area (Å²) in [5.74, 6) is 0.425. The molecule has 0 aliphatic carbocycles. The monoisotopic (exact) mass is 432 g/mol. The van der Waals surface area contributed by atoms with Gasteiger partial charge in [0.15, 0.2) is 0 Å². The minimum atomic E-state index is -0.924. The van der Waals surface area contributed by atoms with E-state index in [-0.39, 0.29) is 0 Å². The number of para-hydroxylation sites is 1. The number of carboxylic acids is 1. The maximum absolute atomic E-state index is 12.3. The second kappa shape index (κ2) is 9.36. The van der Waals surface area contributed by atoms with Gasteiger partial charge in [0.05, 0.1) is 23.1 Å². The molecule has 4 aromatic rings. The Morgan fingerprint density at radius 2 is 1.74 bits per heavy atom. The van der Waals surface area contributed by atoms with Crippen molar-refractivity contribution >= 4 is 28.6 Å². The van der Waals surface area contributed by atoms with Gasteiger partial charge in [-0.2, -0.15) is 0 Å². The number of aromatic carboxylic acids is 1. The van der Waals surface area contributed by atoms with Gasteiger partial charge in [-0.1, -0.05) is 74.0 Å². The highest BCUT2D eigenvalue weighted by Gasteiger charge is 2.20. The van der Waals surface area contributed by atoms with Gasteiger partial charge in [0.2, 0.25) is 0 Å². The van der Waals surface area contributed by atoms with Crippen LogP contribution in [0.4, 0.5) is 0 Å². The summed E-state index contributed by atoms with van der Waals surface area (Å²) in [6, 6.07) is 21.3. The van der Waals surface area contributed by atoms with Crippen LogP contribution in [-0.2, 0) is 18.8 Å². The SMILES string of the molecule is CCCCc1nc2cccc(CCl)c2n1Cc1cccc(-c2ccccc2)c1C(=O)O. The quantitative estimate of drug-likeness (QED) is 0.322. The molecule has 0 unspecified atom stereocenters. The Balaban J connectivity index is 1.89. The van der Waals surface area contributed by atoms with Crippen LogP contribution in [0.3, 0.4) is 0 Å². The highest BCUT2D eigenvalue weighted by molar-refractivity contribution is 6.17. The van der Waals surface area contributed by atoms with Crippen molar-refractivity contribution < 1.29 is 9.90 Å². The first-order valence-corrected chi connectivity index (χ1v) is 11.1. The average molecular weight is 433 g/mol. The van der Waals surface area contributed by atoms with Gasteiger partial charge >= 0.3 is 5.97 Å². The molecule has 0 spiro atoms. The van der Waals surface area contributed by atoms with Crippen molar-refractivity contribution in [3.8, 4) is 11.1 Å². The third-order valence-electron chi connectivity index (χ3n) is 5.61. The highest BCUT2D eigenvalue weighted by Crippen LogP contribution is 2.29. The lowest BCUT2D eigenvalue weighted by atomic mass is 9.95. The molecular formula is C26H25ClN2O2. The number of hydrogen-bond acceptors (Lipinski definition) is 2. The molecule has 0 radical (unpaired) electrons. The summed E-state index contributed by atoms with van der Waals surface area (Å²) in [6.45, 7) is 2.59. The molecule has 1 heterocycles. The summed E-state index contributed by atoms with van der Waals surface area (Å²) < 4.78 is 2.15. The van der Waals surface area contributed by atoms with E-state index < -0.39 is 5.97 Å². The number of halogens is 1. The van der Waals surface area contributed by atoms with Crippen LogP contribution >= 0.6 is 11.6 Å². The lowest BCUT2D eigenvalue weighted by molar-refractivity contribution is 0.0696. The van der Waals surface area contributed by atoms with Gasteiger partial charge in [0.1, 0.15) is 5.82 Å². The maximum Gasteiger partial charge on any atom is 0.336 e. The molecule has 4 nitrogen and oxygen atoms in total. The maximum atomic E-state index is 12.3. The van der Waals surface area contributed by atoms with Crippen LogP contribution in [0.15, 0.2) is 66.7 Å². The van der Waals surface area contributed by atoms with Crippen LogP contribution in [0.2, 0.25) is 0 Å². The zero-order valence-corrected chi connectivity index (χ0v) is 18.3. The van der Waals surface area contributed by atoms with Gasteiger partial charge in [-0.25, -0.2) is 9.78 Å². The summed E-state index contributed by atoms with van der Waals surface area (Å²) in [4.78, 5) is 17.2. The zero-order chi connectivity index (χ0) is 21.8. The number of imidazole rings is 1. The zero-order valence-electron chi connectivity index (χ0n) is 17.5. The van der Waals surface area contributed by atoms with Crippen molar-refractivity contribution in [2.45, 2.75) is 38.6 Å². The molecule has 4 rings (SSSR count). The van der Waals surface area contributed by atoms with Gasteiger partial charge in [-0.05, 0) is 34.7 Å². The molecule has 31 heavy (non-hydrogen) atoms. The van der Waals surface area contributed by atoms with Crippen LogP contribution in [0, 0.1) is 0 Å². The van der Waals surface area contributed by atoms with Crippen LogP contribution in [0.25, 0.3) is 22.2 Å². The molecule has 3 aromatic carbocycles. The first-order valence-electron chi connectivity index (χ1n) is 10.6. The van der Waals surface area contributed by atoms with Crippen molar-refractivity contribution in [2.75, 3.05) is 0 Å². The summed E-state index contributed by atoms with van der Waals surface area (Å²) >= 11 is 6.25. The molecule has 0 saturated heterocycles. The van der Waals surface area contributed by atoms with E-state index in [4.69, 9.17) is 16.6 Å². The third kappa shape index (κ3) is 4.21. The van der Waals surface area contributed by atoms with E-state index in [9.17, 15) is 9.90 Å². The molecule has 0 amide bonds. The van der Waals surface area contributed by atoms with Crippen molar-refractivity contribution in [2.24, 2.45) is 0 Å². The average Bonchev–Trinajstić information content (AvgIpc) is 3.15. The van der Waals surface area contributed by atoms with Crippen LogP contribution in [0.5, 0.6) is 0 Å². The molecule has 1 N–H and O–H groups in total. The molecule has 5 heteroatoms. The van der Waals surface area contributed by atoms with Crippen molar-refractivity contribution in [3.05, 3.63) is 89.2 Å². The molecule has 0 atom stereocenters. The third-order valence-corrected chi connectivity index (χ3v) is 5.89. The lowest BCUT2D eigenvalue weighted by Gasteiger charge is -2.15. The minimum Gasteiger partial charge on any atom is -0.478 e. The Morgan fingerprint density at radius 1 is 1.00 bits per heavy atom. The van der Waals surface area contributed by atoms with Gasteiger partial charge in [0, 0.05) is 12.3 Å². The number of carbonyl (C=O) groups is 1. The standard InChI is InChI=1S/C26H25ClN2O2/c1-2-3-15-23-28-22-14-8-11-19(16-27)25(22)29(23)17-20-12-7-13-21(24(20)26(30)31)18-9-5-4-6-10-18/h4-14H,2-3,15-17H2,1H3,(H,30,31). The first kappa shape index (κ1) is 21.1. The molecule has 0 fully saturated rings. The van der Waals surface area contributed by atoms with Crippen LogP contribution < -0.4 is 0 Å². The smallest absolute Gasteiger partial charge is 0.336 e. The molecule has 1 aromatic heterocycles. The minimum absolute atomic E-state index is 0.334. The fourth-order valence-corrected chi connectivity index (χ4v) is 4.34. The van der Waals surface area contributed by atoms with E-state index in [2.05, 4.69) is 11.5 Å². The number of aryl methyl sites for hydroxylation is 1. The predicted octanol–water partition coefficient (Wildman–Crippen LogP) is 6.53. The van der Waals surface area contributed by atoms with E-state index in [1.54, 1.807) is 0 Å². The lowest BCUT2D eigenvalue weighted by Crippen LogP contribution is -2.12.